The summed E-state index contributed by atoms with van der Waals surface area (Å²) in [6.45, 7) is 8.18. The lowest BCUT2D eigenvalue weighted by Gasteiger charge is -1.92. The number of carboxylic acids is 2. The number of unbranched alkanes of at least 4 members (excludes halogenated alkanes) is 1. The summed E-state index contributed by atoms with van der Waals surface area (Å²) in [6, 6.07) is 0. The minimum Gasteiger partial charge on any atom is -0.481 e. The summed E-state index contributed by atoms with van der Waals surface area (Å²) in [4.78, 5) is 19.8. The molecular formula is C12H20O5. The second-order valence-corrected chi connectivity index (χ2v) is 3.11. The molecule has 0 spiro atoms. The third-order valence-corrected chi connectivity index (χ3v) is 1.50. The second-order valence-electron chi connectivity index (χ2n) is 3.11. The molecule has 17 heavy (non-hydrogen) atoms. The van der Waals surface area contributed by atoms with E-state index in [-0.39, 0.29) is 12.8 Å². The molecule has 0 unspecified atom stereocenters. The molecule has 0 aromatic heterocycles. The summed E-state index contributed by atoms with van der Waals surface area (Å²) >= 11 is 0. The smallest absolute Gasteiger partial charge is 0.303 e. The van der Waals surface area contributed by atoms with Crippen molar-refractivity contribution in [3.63, 3.8) is 0 Å². The number of ether oxygens (including phenoxy) is 1. The van der Waals surface area contributed by atoms with E-state index in [2.05, 4.69) is 13.2 Å². The molecular weight excluding hydrogens is 224 g/mol. The molecule has 0 aliphatic heterocycles. The fourth-order valence-corrected chi connectivity index (χ4v) is 0.787. The minimum absolute atomic E-state index is 0.0628. The van der Waals surface area contributed by atoms with Crippen LogP contribution in [0, 0.1) is 0 Å². The number of carbonyl (C=O) groups is 2. The predicted molar refractivity (Wildman–Crippen MR) is 65.0 cm³/mol. The van der Waals surface area contributed by atoms with E-state index in [0.29, 0.717) is 26.1 Å². The average Bonchev–Trinajstić information content (AvgIpc) is 2.26. The lowest BCUT2D eigenvalue weighted by molar-refractivity contribution is -0.139. The molecule has 0 heterocycles. The van der Waals surface area contributed by atoms with E-state index in [1.807, 2.05) is 0 Å². The van der Waals surface area contributed by atoms with Gasteiger partial charge in [0.1, 0.15) is 0 Å². The van der Waals surface area contributed by atoms with Crippen molar-refractivity contribution in [2.45, 2.75) is 25.7 Å². The SMILES string of the molecule is C=CCOCC=C.O=C(O)CCCCC(=O)O. The van der Waals surface area contributed by atoms with Crippen molar-refractivity contribution >= 4 is 11.9 Å². The molecule has 0 aromatic rings. The van der Waals surface area contributed by atoms with Gasteiger partial charge in [0, 0.05) is 12.8 Å². The van der Waals surface area contributed by atoms with E-state index < -0.39 is 11.9 Å². The Bertz CT molecular complexity index is 211. The zero-order chi connectivity index (χ0) is 13.5. The zero-order valence-corrected chi connectivity index (χ0v) is 9.93. The van der Waals surface area contributed by atoms with Crippen LogP contribution >= 0.6 is 0 Å². The van der Waals surface area contributed by atoms with Gasteiger partial charge in [-0.05, 0) is 12.8 Å². The molecule has 0 fully saturated rings. The molecule has 98 valence electrons. The Morgan fingerprint density at radius 2 is 1.29 bits per heavy atom. The Morgan fingerprint density at radius 1 is 0.941 bits per heavy atom. The van der Waals surface area contributed by atoms with E-state index in [1.165, 1.54) is 0 Å². The maximum atomic E-state index is 9.90. The highest BCUT2D eigenvalue weighted by molar-refractivity contribution is 5.67. The maximum absolute atomic E-state index is 9.90. The summed E-state index contributed by atoms with van der Waals surface area (Å²) in [5.74, 6) is -1.74. The molecule has 2 N–H and O–H groups in total. The van der Waals surface area contributed by atoms with E-state index in [1.54, 1.807) is 12.2 Å². The van der Waals surface area contributed by atoms with Crippen molar-refractivity contribution in [2.75, 3.05) is 13.2 Å². The van der Waals surface area contributed by atoms with Gasteiger partial charge in [-0.2, -0.15) is 0 Å². The summed E-state index contributed by atoms with van der Waals surface area (Å²) in [5.41, 5.74) is 0. The van der Waals surface area contributed by atoms with Gasteiger partial charge in [0.05, 0.1) is 13.2 Å². The first-order valence-electron chi connectivity index (χ1n) is 5.27. The quantitative estimate of drug-likeness (QED) is 0.479. The lowest BCUT2D eigenvalue weighted by atomic mass is 10.2. The van der Waals surface area contributed by atoms with Crippen LogP contribution in [0.3, 0.4) is 0 Å². The van der Waals surface area contributed by atoms with Crippen molar-refractivity contribution in [1.82, 2.24) is 0 Å². The lowest BCUT2D eigenvalue weighted by Crippen LogP contribution is -1.97. The highest BCUT2D eigenvalue weighted by Crippen LogP contribution is 1.98. The molecule has 0 aromatic carbocycles. The zero-order valence-electron chi connectivity index (χ0n) is 9.93. The van der Waals surface area contributed by atoms with Crippen LogP contribution < -0.4 is 0 Å². The van der Waals surface area contributed by atoms with E-state index >= 15 is 0 Å². The number of hydrogen-bond donors (Lipinski definition) is 2. The van der Waals surface area contributed by atoms with Crippen molar-refractivity contribution in [2.24, 2.45) is 0 Å². The van der Waals surface area contributed by atoms with Crippen LogP contribution in [0.1, 0.15) is 25.7 Å². The molecule has 5 nitrogen and oxygen atoms in total. The third-order valence-electron chi connectivity index (χ3n) is 1.50. The van der Waals surface area contributed by atoms with E-state index in [4.69, 9.17) is 14.9 Å². The van der Waals surface area contributed by atoms with Crippen LogP contribution in [0.4, 0.5) is 0 Å². The van der Waals surface area contributed by atoms with Gasteiger partial charge in [-0.1, -0.05) is 12.2 Å². The van der Waals surface area contributed by atoms with Crippen LogP contribution in [0.25, 0.3) is 0 Å². The summed E-state index contributed by atoms with van der Waals surface area (Å²) in [5, 5.41) is 16.3. The number of carboxylic acid groups (broad SMARTS) is 2. The van der Waals surface area contributed by atoms with Gasteiger partial charge in [-0.25, -0.2) is 0 Å². The number of aliphatic carboxylic acids is 2. The molecule has 0 radical (unpaired) electrons. The van der Waals surface area contributed by atoms with Crippen molar-refractivity contribution < 1.29 is 24.5 Å². The van der Waals surface area contributed by atoms with Crippen molar-refractivity contribution in [3.05, 3.63) is 25.3 Å². The van der Waals surface area contributed by atoms with Crippen molar-refractivity contribution in [3.8, 4) is 0 Å². The van der Waals surface area contributed by atoms with Gasteiger partial charge < -0.3 is 14.9 Å². The number of hydrogen-bond acceptors (Lipinski definition) is 3. The molecule has 0 saturated heterocycles. The Morgan fingerprint density at radius 3 is 1.53 bits per heavy atom. The first-order valence-corrected chi connectivity index (χ1v) is 5.27. The minimum atomic E-state index is -0.870. The summed E-state index contributed by atoms with van der Waals surface area (Å²) in [7, 11) is 0. The molecule has 0 atom stereocenters. The standard InChI is InChI=1S/C6H10O4.C6H10O/c7-5(8)3-1-2-4-6(9)10;1-3-5-7-6-4-2/h1-4H2,(H,7,8)(H,9,10);3-4H,1-2,5-6H2. The van der Waals surface area contributed by atoms with Gasteiger partial charge in [0.2, 0.25) is 0 Å². The van der Waals surface area contributed by atoms with Gasteiger partial charge in [-0.15, -0.1) is 13.2 Å². The Hall–Kier alpha value is -1.62. The van der Waals surface area contributed by atoms with Crippen LogP contribution in [0.5, 0.6) is 0 Å². The Labute approximate surface area is 101 Å². The largest absolute Gasteiger partial charge is 0.481 e. The average molecular weight is 244 g/mol. The van der Waals surface area contributed by atoms with Crippen molar-refractivity contribution in [1.29, 1.82) is 0 Å². The molecule has 0 aliphatic rings. The molecule has 0 aliphatic carbocycles. The molecule has 5 heteroatoms. The van der Waals surface area contributed by atoms with E-state index in [9.17, 15) is 9.59 Å². The van der Waals surface area contributed by atoms with Gasteiger partial charge in [0.15, 0.2) is 0 Å². The number of rotatable bonds is 9. The highest BCUT2D eigenvalue weighted by atomic mass is 16.5. The van der Waals surface area contributed by atoms with Gasteiger partial charge in [0.25, 0.3) is 0 Å². The van der Waals surface area contributed by atoms with Crippen LogP contribution in [0.2, 0.25) is 0 Å². The van der Waals surface area contributed by atoms with Crippen LogP contribution in [-0.2, 0) is 14.3 Å². The van der Waals surface area contributed by atoms with Gasteiger partial charge in [-0.3, -0.25) is 9.59 Å². The Kier molecular flexibility index (Phi) is 15.0. The topological polar surface area (TPSA) is 83.8 Å². The fourth-order valence-electron chi connectivity index (χ4n) is 0.787. The van der Waals surface area contributed by atoms with Crippen LogP contribution in [0.15, 0.2) is 25.3 Å². The van der Waals surface area contributed by atoms with Crippen LogP contribution in [-0.4, -0.2) is 35.4 Å². The van der Waals surface area contributed by atoms with E-state index in [0.717, 1.165) is 0 Å². The normalized spacial score (nSPS) is 8.71. The highest BCUT2D eigenvalue weighted by Gasteiger charge is 1.99. The summed E-state index contributed by atoms with van der Waals surface area (Å²) in [6.07, 6.45) is 4.44. The Balaban J connectivity index is 0. The first-order chi connectivity index (χ1) is 8.04. The molecule has 0 amide bonds. The monoisotopic (exact) mass is 244 g/mol. The third kappa shape index (κ3) is 25.0. The summed E-state index contributed by atoms with van der Waals surface area (Å²) < 4.78 is 4.90. The fraction of sp³-hybridized carbons (Fsp3) is 0.500. The first kappa shape index (κ1) is 17.8. The molecule has 0 rings (SSSR count). The maximum Gasteiger partial charge on any atom is 0.303 e. The molecule has 0 saturated carbocycles. The second kappa shape index (κ2) is 14.4. The van der Waals surface area contributed by atoms with Gasteiger partial charge >= 0.3 is 11.9 Å². The predicted octanol–water partition coefficient (Wildman–Crippen LogP) is 2.09. The molecule has 0 bridgehead atoms.